The molecule has 0 aliphatic heterocycles. The van der Waals surface area contributed by atoms with Crippen LogP contribution in [0.5, 0.6) is 0 Å². The molecule has 22 heavy (non-hydrogen) atoms. The Kier molecular flexibility index (Phi) is 3.73. The van der Waals surface area contributed by atoms with E-state index in [0.29, 0.717) is 5.82 Å². The molecule has 0 saturated heterocycles. The average Bonchev–Trinajstić information content (AvgIpc) is 3.09. The van der Waals surface area contributed by atoms with Crippen LogP contribution in [0, 0.1) is 5.92 Å². The maximum atomic E-state index is 12.3. The fraction of sp³-hybridized carbons (Fsp3) is 0.412. The van der Waals surface area contributed by atoms with Crippen LogP contribution >= 0.6 is 11.6 Å². The maximum Gasteiger partial charge on any atom is 0.229 e. The van der Waals surface area contributed by atoms with Gasteiger partial charge in [0.25, 0.3) is 0 Å². The van der Waals surface area contributed by atoms with Gasteiger partial charge in [-0.1, -0.05) is 50.6 Å². The normalized spacial score (nSPS) is 20.7. The second kappa shape index (κ2) is 5.43. The van der Waals surface area contributed by atoms with Gasteiger partial charge in [0, 0.05) is 28.1 Å². The highest BCUT2D eigenvalue weighted by atomic mass is 35.5. The molecule has 5 heteroatoms. The van der Waals surface area contributed by atoms with Crippen LogP contribution in [0.4, 0.5) is 5.82 Å². The third-order valence-electron chi connectivity index (χ3n) is 4.07. The van der Waals surface area contributed by atoms with Crippen molar-refractivity contribution in [1.29, 1.82) is 0 Å². The van der Waals surface area contributed by atoms with Gasteiger partial charge in [-0.05, 0) is 24.0 Å². The van der Waals surface area contributed by atoms with Crippen LogP contribution < -0.4 is 5.32 Å². The summed E-state index contributed by atoms with van der Waals surface area (Å²) in [6.07, 6.45) is 0.839. The Morgan fingerprint density at radius 3 is 2.73 bits per heavy atom. The molecule has 0 spiro atoms. The molecule has 2 aromatic rings. The Labute approximate surface area is 135 Å². The van der Waals surface area contributed by atoms with Crippen molar-refractivity contribution in [2.24, 2.45) is 5.92 Å². The van der Waals surface area contributed by atoms with Gasteiger partial charge in [-0.25, -0.2) is 0 Å². The molecule has 1 aliphatic carbocycles. The fourth-order valence-corrected chi connectivity index (χ4v) is 2.87. The van der Waals surface area contributed by atoms with E-state index in [9.17, 15) is 4.79 Å². The zero-order valence-corrected chi connectivity index (χ0v) is 13.7. The second-order valence-corrected chi connectivity index (χ2v) is 7.28. The molecule has 1 amide bonds. The Balaban J connectivity index is 1.65. The Bertz CT molecular complexity index is 702. The summed E-state index contributed by atoms with van der Waals surface area (Å²) in [6, 6.07) is 9.61. The van der Waals surface area contributed by atoms with Gasteiger partial charge < -0.3 is 5.32 Å². The van der Waals surface area contributed by atoms with Gasteiger partial charge >= 0.3 is 0 Å². The molecule has 2 atom stereocenters. The van der Waals surface area contributed by atoms with Crippen molar-refractivity contribution in [1.82, 2.24) is 10.2 Å². The van der Waals surface area contributed by atoms with Gasteiger partial charge in [0.1, 0.15) is 0 Å². The van der Waals surface area contributed by atoms with E-state index in [1.54, 1.807) is 0 Å². The van der Waals surface area contributed by atoms with Crippen molar-refractivity contribution in [2.75, 3.05) is 5.32 Å². The number of halogens is 1. The summed E-state index contributed by atoms with van der Waals surface area (Å²) in [4.78, 5) is 12.3. The number of H-pyrrole nitrogens is 1. The highest BCUT2D eigenvalue weighted by Crippen LogP contribution is 2.49. The van der Waals surface area contributed by atoms with Crippen LogP contribution in [0.2, 0.25) is 5.02 Å². The van der Waals surface area contributed by atoms with Crippen LogP contribution in [0.25, 0.3) is 0 Å². The topological polar surface area (TPSA) is 57.8 Å². The Hall–Kier alpha value is -1.81. The molecule has 1 heterocycles. The molecular weight excluding hydrogens is 298 g/mol. The van der Waals surface area contributed by atoms with E-state index < -0.39 is 0 Å². The van der Waals surface area contributed by atoms with Crippen molar-refractivity contribution >= 4 is 23.3 Å². The standard InChI is InChI=1S/C17H20ClN3O/c1-17(2,3)14-9-15(21-20-14)19-16(22)12-8-11(12)10-6-4-5-7-13(10)18/h4-7,9,11-12H,8H2,1-3H3,(H2,19,20,21,22). The first-order chi connectivity index (χ1) is 10.4. The molecule has 0 radical (unpaired) electrons. The first-order valence-electron chi connectivity index (χ1n) is 7.47. The van der Waals surface area contributed by atoms with Crippen molar-refractivity contribution in [3.05, 3.63) is 46.6 Å². The second-order valence-electron chi connectivity index (χ2n) is 6.88. The molecule has 2 N–H and O–H groups in total. The Morgan fingerprint density at radius 2 is 2.09 bits per heavy atom. The number of hydrogen-bond donors (Lipinski definition) is 2. The van der Waals surface area contributed by atoms with Crippen LogP contribution in [-0.2, 0) is 10.2 Å². The quantitative estimate of drug-likeness (QED) is 0.895. The number of carbonyl (C=O) groups is 1. The molecule has 1 aliphatic rings. The summed E-state index contributed by atoms with van der Waals surface area (Å²) in [5.74, 6) is 0.793. The number of rotatable bonds is 3. The highest BCUT2D eigenvalue weighted by molar-refractivity contribution is 6.31. The van der Waals surface area contributed by atoms with Gasteiger partial charge in [-0.3, -0.25) is 9.89 Å². The maximum absolute atomic E-state index is 12.3. The van der Waals surface area contributed by atoms with Crippen LogP contribution in [0.15, 0.2) is 30.3 Å². The minimum absolute atomic E-state index is 0.0110. The van der Waals surface area contributed by atoms with Crippen molar-refractivity contribution < 1.29 is 4.79 Å². The third-order valence-corrected chi connectivity index (χ3v) is 4.41. The fourth-order valence-electron chi connectivity index (χ4n) is 2.59. The number of benzene rings is 1. The van der Waals surface area contributed by atoms with Gasteiger partial charge in [0.05, 0.1) is 0 Å². The monoisotopic (exact) mass is 317 g/mol. The van der Waals surface area contributed by atoms with Gasteiger partial charge in [-0.15, -0.1) is 0 Å². The number of aromatic nitrogens is 2. The predicted octanol–water partition coefficient (Wildman–Crippen LogP) is 4.10. The van der Waals surface area contributed by atoms with E-state index >= 15 is 0 Å². The molecule has 1 aromatic carbocycles. The van der Waals surface area contributed by atoms with Gasteiger partial charge in [0.15, 0.2) is 5.82 Å². The molecule has 2 unspecified atom stereocenters. The smallest absolute Gasteiger partial charge is 0.229 e. The van der Waals surface area contributed by atoms with Crippen molar-refractivity contribution in [2.45, 2.75) is 38.5 Å². The number of hydrogen-bond acceptors (Lipinski definition) is 2. The Morgan fingerprint density at radius 1 is 1.36 bits per heavy atom. The zero-order valence-electron chi connectivity index (χ0n) is 13.0. The molecule has 3 rings (SSSR count). The number of carbonyl (C=O) groups excluding carboxylic acids is 1. The van der Waals surface area contributed by atoms with Crippen molar-refractivity contribution in [3.63, 3.8) is 0 Å². The number of nitrogens with one attached hydrogen (secondary N) is 2. The van der Waals surface area contributed by atoms with E-state index in [2.05, 4.69) is 36.3 Å². The third kappa shape index (κ3) is 3.02. The van der Waals surface area contributed by atoms with E-state index in [-0.39, 0.29) is 23.2 Å². The summed E-state index contributed by atoms with van der Waals surface area (Å²) in [6.45, 7) is 6.29. The first-order valence-corrected chi connectivity index (χ1v) is 7.85. The summed E-state index contributed by atoms with van der Waals surface area (Å²) in [5.41, 5.74) is 2.04. The van der Waals surface area contributed by atoms with Crippen molar-refractivity contribution in [3.8, 4) is 0 Å². The van der Waals surface area contributed by atoms with Gasteiger partial charge in [0.2, 0.25) is 5.91 Å². The molecular formula is C17H20ClN3O. The molecule has 1 fully saturated rings. The number of amides is 1. The molecule has 0 bridgehead atoms. The average molecular weight is 318 g/mol. The van der Waals surface area contributed by atoms with E-state index in [1.807, 2.05) is 30.3 Å². The largest absolute Gasteiger partial charge is 0.309 e. The number of anilines is 1. The number of nitrogens with zero attached hydrogens (tertiary/aromatic N) is 1. The molecule has 4 nitrogen and oxygen atoms in total. The highest BCUT2D eigenvalue weighted by Gasteiger charge is 2.45. The lowest BCUT2D eigenvalue weighted by Crippen LogP contribution is -2.15. The van der Waals surface area contributed by atoms with E-state index in [0.717, 1.165) is 22.7 Å². The number of aromatic amines is 1. The van der Waals surface area contributed by atoms with Crippen LogP contribution in [-0.4, -0.2) is 16.1 Å². The van der Waals surface area contributed by atoms with Crippen LogP contribution in [0.3, 0.4) is 0 Å². The minimum atomic E-state index is -0.0188. The minimum Gasteiger partial charge on any atom is -0.309 e. The summed E-state index contributed by atoms with van der Waals surface area (Å²) >= 11 is 6.19. The SMILES string of the molecule is CC(C)(C)c1cc(NC(=O)C2CC2c2ccccc2Cl)n[nH]1. The summed E-state index contributed by atoms with van der Waals surface area (Å²) < 4.78 is 0. The zero-order chi connectivity index (χ0) is 15.9. The predicted molar refractivity (Wildman–Crippen MR) is 88.2 cm³/mol. The summed E-state index contributed by atoms with van der Waals surface area (Å²) in [7, 11) is 0. The van der Waals surface area contributed by atoms with E-state index in [4.69, 9.17) is 11.6 Å². The van der Waals surface area contributed by atoms with E-state index in [1.165, 1.54) is 0 Å². The lowest BCUT2D eigenvalue weighted by atomic mass is 9.92. The first kappa shape index (κ1) is 15.1. The summed E-state index contributed by atoms with van der Waals surface area (Å²) in [5, 5.41) is 10.8. The molecule has 1 saturated carbocycles. The lowest BCUT2D eigenvalue weighted by Gasteiger charge is -2.14. The molecule has 1 aromatic heterocycles. The van der Waals surface area contributed by atoms with Crippen LogP contribution in [0.1, 0.15) is 44.4 Å². The lowest BCUT2D eigenvalue weighted by molar-refractivity contribution is -0.117. The molecule has 116 valence electrons. The van der Waals surface area contributed by atoms with Gasteiger partial charge in [-0.2, -0.15) is 5.10 Å².